The van der Waals surface area contributed by atoms with Gasteiger partial charge in [0, 0.05) is 12.0 Å². The van der Waals surface area contributed by atoms with E-state index in [9.17, 15) is 9.18 Å². The minimum atomic E-state index is -0.530. The lowest BCUT2D eigenvalue weighted by Crippen LogP contribution is -2.19. The summed E-state index contributed by atoms with van der Waals surface area (Å²) in [6, 6.07) is 4.18. The van der Waals surface area contributed by atoms with Crippen molar-refractivity contribution in [3.05, 3.63) is 29.0 Å². The molecule has 0 amide bonds. The van der Waals surface area contributed by atoms with Crippen LogP contribution in [0.4, 0.5) is 4.39 Å². The Kier molecular flexibility index (Phi) is 4.00. The molecule has 1 saturated carbocycles. The van der Waals surface area contributed by atoms with Gasteiger partial charge in [-0.1, -0.05) is 24.4 Å². The van der Waals surface area contributed by atoms with Crippen molar-refractivity contribution >= 4 is 17.4 Å². The van der Waals surface area contributed by atoms with Crippen LogP contribution in [-0.4, -0.2) is 12.4 Å². The average Bonchev–Trinajstić information content (AvgIpc) is 2.84. The number of Topliss-reactive ketones (excluding diaryl/α,β-unsaturated/α-hetero) is 1. The zero-order valence-corrected chi connectivity index (χ0v) is 10.2. The third kappa shape index (κ3) is 3.19. The van der Waals surface area contributed by atoms with Crippen molar-refractivity contribution in [1.29, 1.82) is 0 Å². The van der Waals surface area contributed by atoms with Crippen LogP contribution in [0.25, 0.3) is 0 Å². The Labute approximate surface area is 105 Å². The maximum absolute atomic E-state index is 13.1. The summed E-state index contributed by atoms with van der Waals surface area (Å²) in [5.74, 6) is 0.0562. The highest BCUT2D eigenvalue weighted by Crippen LogP contribution is 2.26. The fraction of sp³-hybridized carbons (Fsp3) is 0.462. The number of ketones is 1. The average molecular weight is 257 g/mol. The fourth-order valence-corrected chi connectivity index (χ4v) is 2.20. The lowest BCUT2D eigenvalue weighted by atomic mass is 10.0. The predicted octanol–water partition coefficient (Wildman–Crippen LogP) is 3.62. The molecule has 0 radical (unpaired) electrons. The molecule has 0 aromatic heterocycles. The Morgan fingerprint density at radius 3 is 2.76 bits per heavy atom. The molecule has 0 unspecified atom stereocenters. The fourth-order valence-electron chi connectivity index (χ4n) is 2.09. The van der Waals surface area contributed by atoms with Gasteiger partial charge in [0.2, 0.25) is 0 Å². The number of carbonyl (C=O) groups is 1. The molecule has 1 fully saturated rings. The monoisotopic (exact) mass is 256 g/mol. The summed E-state index contributed by atoms with van der Waals surface area (Å²) < 4.78 is 18.4. The van der Waals surface area contributed by atoms with Crippen molar-refractivity contribution in [3.63, 3.8) is 0 Å². The summed E-state index contributed by atoms with van der Waals surface area (Å²) in [4.78, 5) is 11.7. The minimum Gasteiger partial charge on any atom is -0.486 e. The van der Waals surface area contributed by atoms with Gasteiger partial charge in [-0.05, 0) is 25.0 Å². The molecular formula is C13H14ClFO2. The highest BCUT2D eigenvalue weighted by molar-refractivity contribution is 6.30. The zero-order valence-electron chi connectivity index (χ0n) is 9.42. The van der Waals surface area contributed by atoms with Crippen LogP contribution in [0.5, 0.6) is 5.75 Å². The quantitative estimate of drug-likeness (QED) is 0.823. The Morgan fingerprint density at radius 1 is 1.41 bits per heavy atom. The van der Waals surface area contributed by atoms with Crippen LogP contribution in [0.3, 0.4) is 0 Å². The molecule has 0 aliphatic heterocycles. The first kappa shape index (κ1) is 12.4. The van der Waals surface area contributed by atoms with Crippen molar-refractivity contribution in [2.75, 3.05) is 6.61 Å². The highest BCUT2D eigenvalue weighted by Gasteiger charge is 2.22. The molecule has 0 spiro atoms. The van der Waals surface area contributed by atoms with Crippen LogP contribution in [0.15, 0.2) is 18.2 Å². The molecule has 0 atom stereocenters. The van der Waals surface area contributed by atoms with Crippen LogP contribution in [0, 0.1) is 11.7 Å². The maximum Gasteiger partial charge on any atom is 0.173 e. The first-order valence-corrected chi connectivity index (χ1v) is 6.15. The Bertz CT molecular complexity index is 414. The second kappa shape index (κ2) is 5.50. The number of hydrogen-bond acceptors (Lipinski definition) is 2. The Hall–Kier alpha value is -1.09. The second-order valence-electron chi connectivity index (χ2n) is 4.31. The molecule has 0 saturated heterocycles. The van der Waals surface area contributed by atoms with Crippen LogP contribution < -0.4 is 4.74 Å². The molecule has 0 N–H and O–H groups in total. The molecule has 17 heavy (non-hydrogen) atoms. The summed E-state index contributed by atoms with van der Waals surface area (Å²) >= 11 is 5.55. The number of benzene rings is 1. The maximum atomic E-state index is 13.1. The van der Waals surface area contributed by atoms with E-state index in [0.717, 1.165) is 25.7 Å². The summed E-state index contributed by atoms with van der Waals surface area (Å²) in [7, 11) is 0. The lowest BCUT2D eigenvalue weighted by Gasteiger charge is -2.09. The topological polar surface area (TPSA) is 26.3 Å². The van der Waals surface area contributed by atoms with E-state index in [1.165, 1.54) is 12.1 Å². The largest absolute Gasteiger partial charge is 0.486 e. The van der Waals surface area contributed by atoms with Gasteiger partial charge in [0.15, 0.2) is 5.78 Å². The summed E-state index contributed by atoms with van der Waals surface area (Å²) in [5.41, 5.74) is 0. The van der Waals surface area contributed by atoms with E-state index in [0.29, 0.717) is 5.75 Å². The molecule has 0 bridgehead atoms. The normalized spacial score (nSPS) is 16.1. The predicted molar refractivity (Wildman–Crippen MR) is 63.9 cm³/mol. The third-order valence-electron chi connectivity index (χ3n) is 3.08. The van der Waals surface area contributed by atoms with Gasteiger partial charge in [-0.15, -0.1) is 0 Å². The van der Waals surface area contributed by atoms with Gasteiger partial charge < -0.3 is 4.74 Å². The molecule has 0 heterocycles. The lowest BCUT2D eigenvalue weighted by molar-refractivity contribution is -0.124. The van der Waals surface area contributed by atoms with E-state index in [4.69, 9.17) is 16.3 Å². The van der Waals surface area contributed by atoms with Gasteiger partial charge in [-0.2, -0.15) is 0 Å². The van der Waals surface area contributed by atoms with Crippen molar-refractivity contribution in [2.45, 2.75) is 25.7 Å². The van der Waals surface area contributed by atoms with Crippen molar-refractivity contribution < 1.29 is 13.9 Å². The van der Waals surface area contributed by atoms with Crippen LogP contribution in [-0.2, 0) is 4.79 Å². The smallest absolute Gasteiger partial charge is 0.173 e. The van der Waals surface area contributed by atoms with Crippen molar-refractivity contribution in [3.8, 4) is 5.75 Å². The van der Waals surface area contributed by atoms with Gasteiger partial charge in [0.25, 0.3) is 0 Å². The number of halogens is 2. The zero-order chi connectivity index (χ0) is 12.3. The summed E-state index contributed by atoms with van der Waals surface area (Å²) in [6.07, 6.45) is 4.15. The van der Waals surface area contributed by atoms with Crippen LogP contribution in [0.2, 0.25) is 5.02 Å². The SMILES string of the molecule is O=C(COc1ccc(Cl)c(F)c1)C1CCCC1. The standard InChI is InChI=1S/C13H14ClFO2/c14-11-6-5-10(7-12(11)15)17-8-13(16)9-3-1-2-4-9/h5-7,9H,1-4,8H2. The van der Waals surface area contributed by atoms with E-state index < -0.39 is 5.82 Å². The minimum absolute atomic E-state index is 0.0196. The van der Waals surface area contributed by atoms with E-state index >= 15 is 0 Å². The van der Waals surface area contributed by atoms with Gasteiger partial charge in [-0.25, -0.2) is 4.39 Å². The van der Waals surface area contributed by atoms with Gasteiger partial charge in [-0.3, -0.25) is 4.79 Å². The van der Waals surface area contributed by atoms with E-state index in [-0.39, 0.29) is 23.3 Å². The Balaban J connectivity index is 1.88. The van der Waals surface area contributed by atoms with Gasteiger partial charge in [0.05, 0.1) is 5.02 Å². The van der Waals surface area contributed by atoms with Crippen molar-refractivity contribution in [1.82, 2.24) is 0 Å². The number of rotatable bonds is 4. The van der Waals surface area contributed by atoms with Gasteiger partial charge >= 0.3 is 0 Å². The van der Waals surface area contributed by atoms with Gasteiger partial charge in [0.1, 0.15) is 18.2 Å². The van der Waals surface area contributed by atoms with Crippen LogP contribution >= 0.6 is 11.6 Å². The molecule has 1 aromatic carbocycles. The summed E-state index contributed by atoms with van der Waals surface area (Å²) in [6.45, 7) is 0.0196. The van der Waals surface area contributed by atoms with E-state index in [2.05, 4.69) is 0 Å². The molecule has 1 aliphatic rings. The number of hydrogen-bond donors (Lipinski definition) is 0. The second-order valence-corrected chi connectivity index (χ2v) is 4.72. The van der Waals surface area contributed by atoms with Crippen molar-refractivity contribution in [2.24, 2.45) is 5.92 Å². The molecule has 1 aliphatic carbocycles. The Morgan fingerprint density at radius 2 is 2.12 bits per heavy atom. The number of ether oxygens (including phenoxy) is 1. The van der Waals surface area contributed by atoms with Crippen LogP contribution in [0.1, 0.15) is 25.7 Å². The third-order valence-corrected chi connectivity index (χ3v) is 3.39. The molecule has 92 valence electrons. The molecular weight excluding hydrogens is 243 g/mol. The highest BCUT2D eigenvalue weighted by atomic mass is 35.5. The summed E-state index contributed by atoms with van der Waals surface area (Å²) in [5, 5.41) is 0.0551. The van der Waals surface area contributed by atoms with E-state index in [1.807, 2.05) is 0 Å². The molecule has 2 nitrogen and oxygen atoms in total. The first-order chi connectivity index (χ1) is 8.16. The first-order valence-electron chi connectivity index (χ1n) is 5.77. The van der Waals surface area contributed by atoms with E-state index in [1.54, 1.807) is 6.07 Å². The molecule has 2 rings (SSSR count). The molecule has 4 heteroatoms. The number of carbonyl (C=O) groups excluding carboxylic acids is 1. The molecule has 1 aromatic rings.